The van der Waals surface area contributed by atoms with Gasteiger partial charge in [-0.1, -0.05) is 36.4 Å². The van der Waals surface area contributed by atoms with E-state index in [4.69, 9.17) is 21.1 Å². The molecule has 104 valence electrons. The van der Waals surface area contributed by atoms with Crippen molar-refractivity contribution in [3.63, 3.8) is 0 Å². The van der Waals surface area contributed by atoms with Crippen LogP contribution < -0.4 is 9.47 Å². The minimum atomic E-state index is -0.399. The zero-order valence-electron chi connectivity index (χ0n) is 11.1. The average molecular weight is 291 g/mol. The van der Waals surface area contributed by atoms with Crippen molar-refractivity contribution in [1.29, 1.82) is 0 Å². The van der Waals surface area contributed by atoms with Gasteiger partial charge in [-0.15, -0.1) is 0 Å². The molecule has 0 radical (unpaired) electrons. The highest BCUT2D eigenvalue weighted by Gasteiger charge is 2.08. The van der Waals surface area contributed by atoms with E-state index in [1.165, 1.54) is 0 Å². The largest absolute Gasteiger partial charge is 0.493 e. The van der Waals surface area contributed by atoms with Crippen molar-refractivity contribution < 1.29 is 14.3 Å². The monoisotopic (exact) mass is 290 g/mol. The number of halogens is 1. The van der Waals surface area contributed by atoms with Gasteiger partial charge in [-0.05, 0) is 34.9 Å². The summed E-state index contributed by atoms with van der Waals surface area (Å²) in [5.41, 5.74) is 1.86. The number of carbonyl (C=O) groups is 1. The molecule has 0 amide bonds. The van der Waals surface area contributed by atoms with Crippen LogP contribution in [0.25, 0.3) is 0 Å². The van der Waals surface area contributed by atoms with E-state index in [0.29, 0.717) is 18.1 Å². The third kappa shape index (κ3) is 4.00. The number of rotatable bonds is 6. The number of ether oxygens (including phenoxy) is 2. The topological polar surface area (TPSA) is 35.5 Å². The Bertz CT molecular complexity index is 582. The number of hydrogen-bond donors (Lipinski definition) is 0. The van der Waals surface area contributed by atoms with Gasteiger partial charge in [0.15, 0.2) is 11.5 Å². The maximum absolute atomic E-state index is 11.0. The fourth-order valence-electron chi connectivity index (χ4n) is 1.84. The molecule has 20 heavy (non-hydrogen) atoms. The van der Waals surface area contributed by atoms with Crippen LogP contribution in [-0.2, 0) is 17.8 Å². The molecule has 0 bridgehead atoms. The van der Waals surface area contributed by atoms with Gasteiger partial charge in [0.1, 0.15) is 6.61 Å². The minimum absolute atomic E-state index is 0.174. The molecule has 0 saturated carbocycles. The molecule has 0 heterocycles. The lowest BCUT2D eigenvalue weighted by atomic mass is 10.1. The summed E-state index contributed by atoms with van der Waals surface area (Å²) in [5.74, 6) is 1.23. The standard InChI is InChI=1S/C16H15ClO3/c1-19-14-8-7-13(10-16(17)18)9-15(14)20-11-12-5-3-2-4-6-12/h2-9H,10-11H2,1H3. The molecule has 0 saturated heterocycles. The maximum atomic E-state index is 11.0. The van der Waals surface area contributed by atoms with Gasteiger partial charge in [-0.2, -0.15) is 0 Å². The van der Waals surface area contributed by atoms with E-state index < -0.39 is 5.24 Å². The molecule has 4 heteroatoms. The van der Waals surface area contributed by atoms with Crippen LogP contribution in [0.1, 0.15) is 11.1 Å². The number of hydrogen-bond acceptors (Lipinski definition) is 3. The van der Waals surface area contributed by atoms with Crippen LogP contribution in [0.15, 0.2) is 48.5 Å². The summed E-state index contributed by atoms with van der Waals surface area (Å²) >= 11 is 5.40. The van der Waals surface area contributed by atoms with E-state index >= 15 is 0 Å². The molecule has 0 unspecified atom stereocenters. The predicted octanol–water partition coefficient (Wildman–Crippen LogP) is 3.58. The third-order valence-corrected chi connectivity index (χ3v) is 2.94. The molecule has 2 aromatic carbocycles. The third-order valence-electron chi connectivity index (χ3n) is 2.81. The zero-order valence-corrected chi connectivity index (χ0v) is 11.9. The van der Waals surface area contributed by atoms with E-state index in [9.17, 15) is 4.79 Å². The van der Waals surface area contributed by atoms with Crippen LogP contribution in [0.3, 0.4) is 0 Å². The van der Waals surface area contributed by atoms with Gasteiger partial charge < -0.3 is 9.47 Å². The summed E-state index contributed by atoms with van der Waals surface area (Å²) in [4.78, 5) is 11.0. The molecule has 0 fully saturated rings. The molecule has 0 aliphatic carbocycles. The van der Waals surface area contributed by atoms with E-state index in [2.05, 4.69) is 0 Å². The van der Waals surface area contributed by atoms with E-state index in [1.807, 2.05) is 30.3 Å². The molecule has 0 spiro atoms. The first-order valence-electron chi connectivity index (χ1n) is 6.21. The number of benzene rings is 2. The average Bonchev–Trinajstić information content (AvgIpc) is 2.46. The second kappa shape index (κ2) is 6.96. The van der Waals surface area contributed by atoms with Crippen molar-refractivity contribution in [2.45, 2.75) is 13.0 Å². The molecule has 0 atom stereocenters. The van der Waals surface area contributed by atoms with Gasteiger partial charge in [0.05, 0.1) is 7.11 Å². The number of carbonyl (C=O) groups excluding carboxylic acids is 1. The number of methoxy groups -OCH3 is 1. The molecular formula is C16H15ClO3. The Morgan fingerprint density at radius 3 is 2.45 bits per heavy atom. The molecular weight excluding hydrogens is 276 g/mol. The maximum Gasteiger partial charge on any atom is 0.226 e. The Balaban J connectivity index is 2.13. The van der Waals surface area contributed by atoms with Gasteiger partial charge in [-0.3, -0.25) is 4.79 Å². The van der Waals surface area contributed by atoms with Crippen LogP contribution in [0.2, 0.25) is 0 Å². The highest BCUT2D eigenvalue weighted by Crippen LogP contribution is 2.29. The fourth-order valence-corrected chi connectivity index (χ4v) is 1.99. The highest BCUT2D eigenvalue weighted by molar-refractivity contribution is 6.63. The quantitative estimate of drug-likeness (QED) is 0.763. The Labute approximate surface area is 123 Å². The van der Waals surface area contributed by atoms with Crippen molar-refractivity contribution >= 4 is 16.8 Å². The summed E-state index contributed by atoms with van der Waals surface area (Å²) in [6, 6.07) is 15.2. The zero-order chi connectivity index (χ0) is 14.4. The van der Waals surface area contributed by atoms with Crippen LogP contribution in [0.4, 0.5) is 0 Å². The highest BCUT2D eigenvalue weighted by atomic mass is 35.5. The Morgan fingerprint density at radius 1 is 1.05 bits per heavy atom. The molecule has 0 aromatic heterocycles. The van der Waals surface area contributed by atoms with Crippen molar-refractivity contribution in [3.05, 3.63) is 59.7 Å². The van der Waals surface area contributed by atoms with E-state index in [-0.39, 0.29) is 6.42 Å². The van der Waals surface area contributed by atoms with Crippen LogP contribution in [0, 0.1) is 0 Å². The van der Waals surface area contributed by atoms with Crippen molar-refractivity contribution in [1.82, 2.24) is 0 Å². The Morgan fingerprint density at radius 2 is 1.80 bits per heavy atom. The first-order chi connectivity index (χ1) is 9.69. The summed E-state index contributed by atoms with van der Waals surface area (Å²) in [6.45, 7) is 0.440. The van der Waals surface area contributed by atoms with Gasteiger partial charge in [-0.25, -0.2) is 0 Å². The molecule has 3 nitrogen and oxygen atoms in total. The molecule has 0 aliphatic heterocycles. The first-order valence-corrected chi connectivity index (χ1v) is 6.59. The smallest absolute Gasteiger partial charge is 0.226 e. The van der Waals surface area contributed by atoms with Gasteiger partial charge >= 0.3 is 0 Å². The van der Waals surface area contributed by atoms with E-state index in [1.54, 1.807) is 25.3 Å². The normalized spacial score (nSPS) is 10.1. The molecule has 0 N–H and O–H groups in total. The predicted molar refractivity (Wildman–Crippen MR) is 78.3 cm³/mol. The summed E-state index contributed by atoms with van der Waals surface area (Å²) in [5, 5.41) is -0.399. The van der Waals surface area contributed by atoms with Crippen molar-refractivity contribution in [2.24, 2.45) is 0 Å². The first kappa shape index (κ1) is 14.4. The molecule has 0 aliphatic rings. The van der Waals surface area contributed by atoms with Crippen LogP contribution in [-0.4, -0.2) is 12.4 Å². The Kier molecular flexibility index (Phi) is 5.02. The van der Waals surface area contributed by atoms with Crippen molar-refractivity contribution in [3.8, 4) is 11.5 Å². The lowest BCUT2D eigenvalue weighted by Crippen LogP contribution is -2.00. The minimum Gasteiger partial charge on any atom is -0.493 e. The lowest BCUT2D eigenvalue weighted by molar-refractivity contribution is -0.111. The molecule has 2 rings (SSSR count). The summed E-state index contributed by atoms with van der Waals surface area (Å²) < 4.78 is 11.0. The van der Waals surface area contributed by atoms with Gasteiger partial charge in [0.25, 0.3) is 0 Å². The fraction of sp³-hybridized carbons (Fsp3) is 0.188. The summed E-state index contributed by atoms with van der Waals surface area (Å²) in [6.07, 6.45) is 0.174. The molecule has 2 aromatic rings. The lowest BCUT2D eigenvalue weighted by Gasteiger charge is -2.12. The van der Waals surface area contributed by atoms with E-state index in [0.717, 1.165) is 11.1 Å². The second-order valence-corrected chi connectivity index (χ2v) is 4.71. The van der Waals surface area contributed by atoms with Crippen LogP contribution in [0.5, 0.6) is 11.5 Å². The summed E-state index contributed by atoms with van der Waals surface area (Å²) in [7, 11) is 1.58. The SMILES string of the molecule is COc1ccc(CC(=O)Cl)cc1OCc1ccccc1. The van der Waals surface area contributed by atoms with Crippen LogP contribution >= 0.6 is 11.6 Å². The second-order valence-electron chi connectivity index (χ2n) is 4.29. The van der Waals surface area contributed by atoms with Crippen molar-refractivity contribution in [2.75, 3.05) is 7.11 Å². The Hall–Kier alpha value is -2.00. The van der Waals surface area contributed by atoms with Gasteiger partial charge in [0.2, 0.25) is 5.24 Å². The van der Waals surface area contributed by atoms with Gasteiger partial charge in [0, 0.05) is 6.42 Å².